The maximum Gasteiger partial charge on any atom is 0.0473 e. The van der Waals surface area contributed by atoms with Gasteiger partial charge in [-0.2, -0.15) is 0 Å². The Kier molecular flexibility index (Phi) is 4.82. The fraction of sp³-hybridized carbons (Fsp3) is 0.500. The van der Waals surface area contributed by atoms with Crippen LogP contribution in [0.15, 0.2) is 16.8 Å². The molecule has 0 fully saturated rings. The summed E-state index contributed by atoms with van der Waals surface area (Å²) in [5, 5.41) is 10.8. The Hall–Kier alpha value is -0.830. The highest BCUT2D eigenvalue weighted by atomic mass is 16.4. The molecular weight excluding hydrogens is 116 g/mol. The number of oxime groups is 1. The molecule has 3 N–H and O–H groups in total. The van der Waals surface area contributed by atoms with Gasteiger partial charge in [-0.1, -0.05) is 11.6 Å². The number of hydrogen-bond donors (Lipinski definition) is 2. The smallest absolute Gasteiger partial charge is 0.0473 e. The summed E-state index contributed by atoms with van der Waals surface area (Å²) in [6.45, 7) is 2.50. The highest BCUT2D eigenvalue weighted by Crippen LogP contribution is 1.88. The van der Waals surface area contributed by atoms with Crippen LogP contribution in [0.2, 0.25) is 0 Å². The first kappa shape index (κ1) is 8.17. The molecule has 0 unspecified atom stereocenters. The van der Waals surface area contributed by atoms with Crippen molar-refractivity contribution in [2.75, 3.05) is 6.54 Å². The van der Waals surface area contributed by atoms with Gasteiger partial charge in [0.25, 0.3) is 0 Å². The van der Waals surface area contributed by atoms with Gasteiger partial charge in [0, 0.05) is 19.2 Å². The van der Waals surface area contributed by atoms with E-state index in [1.165, 1.54) is 6.21 Å². The van der Waals surface area contributed by atoms with Crippen LogP contribution in [0.25, 0.3) is 0 Å². The van der Waals surface area contributed by atoms with Crippen molar-refractivity contribution >= 4 is 6.21 Å². The highest BCUT2D eigenvalue weighted by Gasteiger charge is 1.79. The zero-order valence-corrected chi connectivity index (χ0v) is 5.54. The maximum atomic E-state index is 7.96. The van der Waals surface area contributed by atoms with E-state index in [4.69, 9.17) is 10.9 Å². The molecule has 0 aromatic rings. The first-order valence-electron chi connectivity index (χ1n) is 2.83. The van der Waals surface area contributed by atoms with Gasteiger partial charge in [-0.3, -0.25) is 0 Å². The van der Waals surface area contributed by atoms with Crippen LogP contribution in [0, 0.1) is 0 Å². The topological polar surface area (TPSA) is 58.6 Å². The molecule has 0 saturated carbocycles. The van der Waals surface area contributed by atoms with Crippen LogP contribution in [0.3, 0.4) is 0 Å². The van der Waals surface area contributed by atoms with E-state index in [-0.39, 0.29) is 0 Å². The lowest BCUT2D eigenvalue weighted by Gasteiger charge is -1.89. The first-order valence-corrected chi connectivity index (χ1v) is 2.83. The van der Waals surface area contributed by atoms with Crippen molar-refractivity contribution in [2.24, 2.45) is 10.9 Å². The molecule has 0 aliphatic rings. The zero-order chi connectivity index (χ0) is 7.11. The summed E-state index contributed by atoms with van der Waals surface area (Å²) in [7, 11) is 0. The second-order valence-electron chi connectivity index (χ2n) is 1.79. The number of rotatable bonds is 3. The molecule has 0 aromatic heterocycles. The van der Waals surface area contributed by atoms with Crippen LogP contribution in [0.4, 0.5) is 0 Å². The average molecular weight is 128 g/mol. The van der Waals surface area contributed by atoms with Gasteiger partial charge in [0.05, 0.1) is 0 Å². The Morgan fingerprint density at radius 1 is 1.78 bits per heavy atom. The molecule has 0 aliphatic carbocycles. The molecule has 9 heavy (non-hydrogen) atoms. The third-order valence-electron chi connectivity index (χ3n) is 0.975. The fourth-order valence-corrected chi connectivity index (χ4v) is 0.384. The van der Waals surface area contributed by atoms with Crippen molar-refractivity contribution in [3.8, 4) is 0 Å². The molecule has 0 radical (unpaired) electrons. The van der Waals surface area contributed by atoms with Crippen LogP contribution >= 0.6 is 0 Å². The van der Waals surface area contributed by atoms with Crippen LogP contribution < -0.4 is 5.73 Å². The lowest BCUT2D eigenvalue weighted by Crippen LogP contribution is -1.99. The predicted molar refractivity (Wildman–Crippen MR) is 37.7 cm³/mol. The van der Waals surface area contributed by atoms with Crippen LogP contribution in [0.1, 0.15) is 13.3 Å². The van der Waals surface area contributed by atoms with E-state index in [1.54, 1.807) is 0 Å². The molecule has 0 aromatic carbocycles. The highest BCUT2D eigenvalue weighted by molar-refractivity contribution is 5.58. The van der Waals surface area contributed by atoms with Crippen molar-refractivity contribution in [2.45, 2.75) is 13.3 Å². The number of allylic oxidation sites excluding steroid dienone is 1. The first-order chi connectivity index (χ1) is 4.31. The molecule has 0 bridgehead atoms. The Morgan fingerprint density at radius 3 is 2.89 bits per heavy atom. The molecule has 3 heteroatoms. The SMILES string of the molecule is C/C(=C/C/C=N/O)CN. The standard InChI is InChI=1S/C6H12N2O/c1-6(5-7)3-2-4-8-9/h3-4,9H,2,5,7H2,1H3/b6-3-,8-4+. The van der Waals surface area contributed by atoms with Crippen molar-refractivity contribution in [3.63, 3.8) is 0 Å². The monoisotopic (exact) mass is 128 g/mol. The van der Waals surface area contributed by atoms with Crippen LogP contribution in [0.5, 0.6) is 0 Å². The van der Waals surface area contributed by atoms with Gasteiger partial charge in [0.2, 0.25) is 0 Å². The number of hydrogen-bond acceptors (Lipinski definition) is 3. The summed E-state index contributed by atoms with van der Waals surface area (Å²) in [5.74, 6) is 0. The molecule has 52 valence electrons. The van der Waals surface area contributed by atoms with Gasteiger partial charge in [-0.15, -0.1) is 5.16 Å². The van der Waals surface area contributed by atoms with E-state index >= 15 is 0 Å². The molecular formula is C6H12N2O. The van der Waals surface area contributed by atoms with E-state index in [2.05, 4.69) is 5.16 Å². The second-order valence-corrected chi connectivity index (χ2v) is 1.79. The Balaban J connectivity index is 3.43. The lowest BCUT2D eigenvalue weighted by atomic mass is 10.2. The molecule has 0 spiro atoms. The fourth-order valence-electron chi connectivity index (χ4n) is 0.384. The molecule has 0 saturated heterocycles. The third-order valence-corrected chi connectivity index (χ3v) is 0.975. The molecule has 3 nitrogen and oxygen atoms in total. The van der Waals surface area contributed by atoms with Crippen molar-refractivity contribution < 1.29 is 5.21 Å². The number of nitrogens with two attached hydrogens (primary N) is 1. The largest absolute Gasteiger partial charge is 0.411 e. The van der Waals surface area contributed by atoms with Crippen molar-refractivity contribution in [3.05, 3.63) is 11.6 Å². The predicted octanol–water partition coefficient (Wildman–Crippen LogP) is 0.742. The minimum atomic E-state index is 0.569. The minimum Gasteiger partial charge on any atom is -0.411 e. The summed E-state index contributed by atoms with van der Waals surface area (Å²) < 4.78 is 0. The Bertz CT molecular complexity index is 118. The lowest BCUT2D eigenvalue weighted by molar-refractivity contribution is 0.321. The minimum absolute atomic E-state index is 0.569. The number of nitrogens with zero attached hydrogens (tertiary/aromatic N) is 1. The molecule has 0 heterocycles. The van der Waals surface area contributed by atoms with Gasteiger partial charge < -0.3 is 10.9 Å². The normalized spacial score (nSPS) is 12.9. The maximum absolute atomic E-state index is 7.96. The van der Waals surface area contributed by atoms with E-state index in [0.29, 0.717) is 13.0 Å². The third kappa shape index (κ3) is 5.03. The van der Waals surface area contributed by atoms with Gasteiger partial charge in [-0.05, 0) is 6.92 Å². The Labute approximate surface area is 54.9 Å². The second kappa shape index (κ2) is 5.31. The van der Waals surface area contributed by atoms with Crippen molar-refractivity contribution in [1.29, 1.82) is 0 Å². The van der Waals surface area contributed by atoms with E-state index in [1.807, 2.05) is 13.0 Å². The van der Waals surface area contributed by atoms with E-state index in [0.717, 1.165) is 5.57 Å². The summed E-state index contributed by atoms with van der Waals surface area (Å²) in [5.41, 5.74) is 6.39. The molecule has 0 rings (SSSR count). The van der Waals surface area contributed by atoms with Crippen LogP contribution in [-0.2, 0) is 0 Å². The summed E-state index contributed by atoms with van der Waals surface area (Å²) in [6, 6.07) is 0. The van der Waals surface area contributed by atoms with E-state index in [9.17, 15) is 0 Å². The van der Waals surface area contributed by atoms with Crippen molar-refractivity contribution in [1.82, 2.24) is 0 Å². The summed E-state index contributed by atoms with van der Waals surface area (Å²) in [4.78, 5) is 0. The van der Waals surface area contributed by atoms with Crippen LogP contribution in [-0.4, -0.2) is 18.0 Å². The average Bonchev–Trinajstić information content (AvgIpc) is 1.89. The Morgan fingerprint density at radius 2 is 2.44 bits per heavy atom. The quantitative estimate of drug-likeness (QED) is 0.255. The van der Waals surface area contributed by atoms with Gasteiger partial charge in [0.1, 0.15) is 0 Å². The van der Waals surface area contributed by atoms with E-state index < -0.39 is 0 Å². The van der Waals surface area contributed by atoms with Gasteiger partial charge >= 0.3 is 0 Å². The zero-order valence-electron chi connectivity index (χ0n) is 5.54. The van der Waals surface area contributed by atoms with Gasteiger partial charge in [0.15, 0.2) is 0 Å². The molecule has 0 aliphatic heterocycles. The molecule has 0 amide bonds. The van der Waals surface area contributed by atoms with Gasteiger partial charge in [-0.25, -0.2) is 0 Å². The summed E-state index contributed by atoms with van der Waals surface area (Å²) >= 11 is 0. The summed E-state index contributed by atoms with van der Waals surface area (Å²) in [6.07, 6.45) is 3.98. The molecule has 0 atom stereocenters.